The smallest absolute Gasteiger partial charge is 0.120 e. The summed E-state index contributed by atoms with van der Waals surface area (Å²) in [6, 6.07) is 4.86. The van der Waals surface area contributed by atoms with Crippen LogP contribution in [0.25, 0.3) is 0 Å². The van der Waals surface area contributed by atoms with Crippen molar-refractivity contribution in [2.45, 2.75) is 32.7 Å². The van der Waals surface area contributed by atoms with Crippen LogP contribution in [-0.4, -0.2) is 5.11 Å². The lowest BCUT2D eigenvalue weighted by molar-refractivity contribution is 0.448. The van der Waals surface area contributed by atoms with Crippen molar-refractivity contribution in [1.82, 2.24) is 0 Å². The van der Waals surface area contributed by atoms with E-state index in [1.54, 1.807) is 18.2 Å². The number of halogens is 2. The van der Waals surface area contributed by atoms with Crippen molar-refractivity contribution in [2.75, 3.05) is 0 Å². The summed E-state index contributed by atoms with van der Waals surface area (Å²) < 4.78 is 0. The minimum Gasteiger partial charge on any atom is -0.508 e. The number of nitrogens with two attached hydrogens (primary N) is 1. The first-order valence-electron chi connectivity index (χ1n) is 5.24. The molecule has 1 rings (SSSR count). The van der Waals surface area contributed by atoms with Crippen LogP contribution in [0.1, 0.15) is 38.3 Å². The van der Waals surface area contributed by atoms with E-state index in [9.17, 15) is 5.11 Å². The third-order valence-corrected chi connectivity index (χ3v) is 2.68. The highest BCUT2D eigenvalue weighted by molar-refractivity contribution is 6.30. The molecule has 0 unspecified atom stereocenters. The van der Waals surface area contributed by atoms with Gasteiger partial charge in [0, 0.05) is 16.6 Å². The standard InChI is InChI=1S/C12H18ClNO.ClH/c1-8(2)3-5-11(14)10-7-9(13)4-6-12(10)15;/h4,6-8,11,15H,3,5,14H2,1-2H3;1H/t11-;/m0./s1. The molecule has 1 atom stereocenters. The van der Waals surface area contributed by atoms with Gasteiger partial charge in [-0.25, -0.2) is 0 Å². The maximum absolute atomic E-state index is 9.63. The van der Waals surface area contributed by atoms with Crippen molar-refractivity contribution < 1.29 is 5.11 Å². The molecule has 4 heteroatoms. The fourth-order valence-corrected chi connectivity index (χ4v) is 1.67. The minimum absolute atomic E-state index is 0. The zero-order chi connectivity index (χ0) is 11.4. The SMILES string of the molecule is CC(C)CC[C@H](N)c1cc(Cl)ccc1O.Cl. The Morgan fingerprint density at radius 1 is 1.31 bits per heavy atom. The monoisotopic (exact) mass is 263 g/mol. The Hall–Kier alpha value is -0.440. The van der Waals surface area contributed by atoms with Crippen molar-refractivity contribution in [3.63, 3.8) is 0 Å². The lowest BCUT2D eigenvalue weighted by Gasteiger charge is -2.15. The van der Waals surface area contributed by atoms with Crippen molar-refractivity contribution in [1.29, 1.82) is 0 Å². The molecule has 2 nitrogen and oxygen atoms in total. The Kier molecular flexibility index (Phi) is 6.81. The summed E-state index contributed by atoms with van der Waals surface area (Å²) in [6.07, 6.45) is 1.92. The highest BCUT2D eigenvalue weighted by Gasteiger charge is 2.11. The second-order valence-corrected chi connectivity index (χ2v) is 4.72. The average molecular weight is 264 g/mol. The number of phenolic OH excluding ortho intramolecular Hbond substituents is 1. The molecule has 0 aliphatic heterocycles. The molecule has 3 N–H and O–H groups in total. The molecule has 0 aliphatic rings. The van der Waals surface area contributed by atoms with E-state index >= 15 is 0 Å². The number of hydrogen-bond acceptors (Lipinski definition) is 2. The van der Waals surface area contributed by atoms with Gasteiger partial charge in [-0.1, -0.05) is 25.4 Å². The van der Waals surface area contributed by atoms with E-state index in [1.165, 1.54) is 0 Å². The molecule has 0 aromatic heterocycles. The van der Waals surface area contributed by atoms with Crippen LogP contribution < -0.4 is 5.73 Å². The highest BCUT2D eigenvalue weighted by Crippen LogP contribution is 2.29. The largest absolute Gasteiger partial charge is 0.508 e. The summed E-state index contributed by atoms with van der Waals surface area (Å²) in [5, 5.41) is 10.2. The Morgan fingerprint density at radius 2 is 1.94 bits per heavy atom. The van der Waals surface area contributed by atoms with Crippen molar-refractivity contribution in [3.8, 4) is 5.75 Å². The minimum atomic E-state index is -0.133. The molecule has 0 spiro atoms. The summed E-state index contributed by atoms with van der Waals surface area (Å²) in [5.74, 6) is 0.855. The van der Waals surface area contributed by atoms with Crippen molar-refractivity contribution in [3.05, 3.63) is 28.8 Å². The third-order valence-electron chi connectivity index (χ3n) is 2.44. The van der Waals surface area contributed by atoms with E-state index in [0.29, 0.717) is 10.9 Å². The molecule has 0 bridgehead atoms. The van der Waals surface area contributed by atoms with Gasteiger partial charge in [-0.2, -0.15) is 0 Å². The molecule has 0 heterocycles. The molecule has 0 saturated heterocycles. The molecule has 0 radical (unpaired) electrons. The quantitative estimate of drug-likeness (QED) is 0.866. The van der Waals surface area contributed by atoms with Crippen LogP contribution in [0, 0.1) is 5.92 Å². The summed E-state index contributed by atoms with van der Waals surface area (Å²) in [6.45, 7) is 4.31. The summed E-state index contributed by atoms with van der Waals surface area (Å²) in [5.41, 5.74) is 6.73. The zero-order valence-electron chi connectivity index (χ0n) is 9.61. The number of benzene rings is 1. The molecule has 0 aliphatic carbocycles. The Labute approximate surface area is 108 Å². The highest BCUT2D eigenvalue weighted by atomic mass is 35.5. The summed E-state index contributed by atoms with van der Waals surface area (Å²) in [7, 11) is 0. The number of rotatable bonds is 4. The van der Waals surface area contributed by atoms with E-state index in [2.05, 4.69) is 13.8 Å². The maximum atomic E-state index is 9.63. The third kappa shape index (κ3) is 4.60. The topological polar surface area (TPSA) is 46.2 Å². The lowest BCUT2D eigenvalue weighted by Crippen LogP contribution is -2.11. The van der Waals surface area contributed by atoms with Crippen LogP contribution in [0.2, 0.25) is 5.02 Å². The van der Waals surface area contributed by atoms with Gasteiger partial charge < -0.3 is 10.8 Å². The van der Waals surface area contributed by atoms with Crippen LogP contribution in [0.3, 0.4) is 0 Å². The number of phenols is 1. The van der Waals surface area contributed by atoms with Crippen LogP contribution >= 0.6 is 24.0 Å². The Morgan fingerprint density at radius 3 is 2.50 bits per heavy atom. The number of hydrogen-bond donors (Lipinski definition) is 2. The first-order chi connectivity index (χ1) is 7.00. The van der Waals surface area contributed by atoms with Gasteiger partial charge in [-0.05, 0) is 37.0 Å². The molecule has 1 aromatic carbocycles. The van der Waals surface area contributed by atoms with Crippen LogP contribution in [0.4, 0.5) is 0 Å². The lowest BCUT2D eigenvalue weighted by atomic mass is 9.98. The van der Waals surface area contributed by atoms with Gasteiger partial charge in [0.2, 0.25) is 0 Å². The van der Waals surface area contributed by atoms with Gasteiger partial charge in [-0.15, -0.1) is 12.4 Å². The fraction of sp³-hybridized carbons (Fsp3) is 0.500. The van der Waals surface area contributed by atoms with Crippen LogP contribution in [0.5, 0.6) is 5.75 Å². The van der Waals surface area contributed by atoms with Crippen LogP contribution in [0.15, 0.2) is 18.2 Å². The van der Waals surface area contributed by atoms with E-state index in [1.807, 2.05) is 0 Å². The van der Waals surface area contributed by atoms with Gasteiger partial charge in [0.25, 0.3) is 0 Å². The van der Waals surface area contributed by atoms with Crippen molar-refractivity contribution >= 4 is 24.0 Å². The van der Waals surface area contributed by atoms with Gasteiger partial charge in [0.1, 0.15) is 5.75 Å². The van der Waals surface area contributed by atoms with Gasteiger partial charge in [0.15, 0.2) is 0 Å². The van der Waals surface area contributed by atoms with E-state index in [-0.39, 0.29) is 24.2 Å². The van der Waals surface area contributed by atoms with Crippen molar-refractivity contribution in [2.24, 2.45) is 11.7 Å². The van der Waals surface area contributed by atoms with Gasteiger partial charge >= 0.3 is 0 Å². The molecule has 16 heavy (non-hydrogen) atoms. The van der Waals surface area contributed by atoms with Gasteiger partial charge in [-0.3, -0.25) is 0 Å². The van der Waals surface area contributed by atoms with E-state index in [4.69, 9.17) is 17.3 Å². The normalized spacial score (nSPS) is 12.3. The molecule has 0 amide bonds. The fourth-order valence-electron chi connectivity index (χ4n) is 1.49. The predicted octanol–water partition coefficient (Wildman–Crippen LogP) is 3.90. The average Bonchev–Trinajstić information content (AvgIpc) is 2.18. The number of aromatic hydroxyl groups is 1. The van der Waals surface area contributed by atoms with E-state index in [0.717, 1.165) is 18.4 Å². The zero-order valence-corrected chi connectivity index (χ0v) is 11.2. The molecule has 0 fully saturated rings. The Balaban J connectivity index is 0.00000225. The molecular weight excluding hydrogens is 245 g/mol. The van der Waals surface area contributed by atoms with Gasteiger partial charge in [0.05, 0.1) is 0 Å². The second kappa shape index (κ2) is 7.00. The molecular formula is C12H19Cl2NO. The second-order valence-electron chi connectivity index (χ2n) is 4.28. The van der Waals surface area contributed by atoms with E-state index < -0.39 is 0 Å². The summed E-state index contributed by atoms with van der Waals surface area (Å²) in [4.78, 5) is 0. The predicted molar refractivity (Wildman–Crippen MR) is 71.4 cm³/mol. The first kappa shape index (κ1) is 15.6. The molecule has 92 valence electrons. The maximum Gasteiger partial charge on any atom is 0.120 e. The molecule has 0 saturated carbocycles. The Bertz CT molecular complexity index is 329. The first-order valence-corrected chi connectivity index (χ1v) is 5.62. The molecule has 1 aromatic rings. The summed E-state index contributed by atoms with van der Waals surface area (Å²) >= 11 is 5.86. The van der Waals surface area contributed by atoms with Crippen LogP contribution in [-0.2, 0) is 0 Å².